The number of nitrogens with two attached hydrogens (primary N) is 1. The number of ether oxygens (including phenoxy) is 1. The molecule has 0 spiro atoms. The number of carbonyl (C=O) groups excluding carboxylic acids is 1. The number of hydrogen-bond donors (Lipinski definition) is 2. The van der Waals surface area contributed by atoms with E-state index >= 15 is 0 Å². The van der Waals surface area contributed by atoms with Gasteiger partial charge in [0.15, 0.2) is 0 Å². The van der Waals surface area contributed by atoms with E-state index in [2.05, 4.69) is 37.4 Å². The maximum Gasteiger partial charge on any atom is 0.232 e. The van der Waals surface area contributed by atoms with Gasteiger partial charge in [-0.2, -0.15) is 0 Å². The summed E-state index contributed by atoms with van der Waals surface area (Å²) >= 11 is 0. The molecular formula is C15H22N2O2. The Kier molecular flexibility index (Phi) is 4.22. The number of hydrogen-bond acceptors (Lipinski definition) is 3. The molecule has 1 fully saturated rings. The Bertz CT molecular complexity index is 462. The molecule has 104 valence electrons. The molecule has 1 aromatic carbocycles. The molecule has 0 aromatic heterocycles. The molecular weight excluding hydrogens is 240 g/mol. The van der Waals surface area contributed by atoms with Crippen LogP contribution in [0.3, 0.4) is 0 Å². The van der Waals surface area contributed by atoms with Crippen molar-refractivity contribution in [3.05, 3.63) is 34.9 Å². The van der Waals surface area contributed by atoms with Crippen LogP contribution in [0, 0.1) is 19.3 Å². The average Bonchev–Trinajstić information content (AvgIpc) is 2.33. The van der Waals surface area contributed by atoms with Crippen LogP contribution in [0.15, 0.2) is 18.2 Å². The third kappa shape index (κ3) is 2.96. The lowest BCUT2D eigenvalue weighted by atomic mass is 9.85. The van der Waals surface area contributed by atoms with Crippen molar-refractivity contribution in [3.8, 4) is 0 Å². The lowest BCUT2D eigenvalue weighted by molar-refractivity contribution is -0.159. The lowest BCUT2D eigenvalue weighted by Crippen LogP contribution is -2.58. The predicted molar refractivity (Wildman–Crippen MR) is 74.9 cm³/mol. The van der Waals surface area contributed by atoms with Crippen LogP contribution in [0.5, 0.6) is 0 Å². The third-order valence-corrected chi connectivity index (χ3v) is 3.90. The van der Waals surface area contributed by atoms with Crippen molar-refractivity contribution >= 4 is 5.91 Å². The molecule has 3 N–H and O–H groups in total. The number of amides is 1. The number of nitrogens with one attached hydrogen (secondary N) is 1. The van der Waals surface area contributed by atoms with Crippen LogP contribution >= 0.6 is 0 Å². The highest BCUT2D eigenvalue weighted by molar-refractivity contribution is 5.84. The van der Waals surface area contributed by atoms with Crippen LogP contribution in [0.2, 0.25) is 0 Å². The van der Waals surface area contributed by atoms with Gasteiger partial charge in [0, 0.05) is 13.1 Å². The van der Waals surface area contributed by atoms with Crippen LogP contribution in [0.25, 0.3) is 0 Å². The minimum Gasteiger partial charge on any atom is -0.379 e. The van der Waals surface area contributed by atoms with E-state index < -0.39 is 5.41 Å². The van der Waals surface area contributed by atoms with E-state index in [9.17, 15) is 4.79 Å². The molecule has 0 aliphatic carbocycles. The summed E-state index contributed by atoms with van der Waals surface area (Å²) in [5, 5.41) is 2.96. The van der Waals surface area contributed by atoms with Crippen LogP contribution in [-0.4, -0.2) is 32.2 Å². The van der Waals surface area contributed by atoms with Gasteiger partial charge in [0.1, 0.15) is 5.41 Å². The van der Waals surface area contributed by atoms with E-state index in [1.54, 1.807) is 0 Å². The summed E-state index contributed by atoms with van der Waals surface area (Å²) in [4.78, 5) is 12.0. The Hall–Kier alpha value is -1.39. The predicted octanol–water partition coefficient (Wildman–Crippen LogP) is 0.937. The van der Waals surface area contributed by atoms with Gasteiger partial charge in [-0.15, -0.1) is 0 Å². The quantitative estimate of drug-likeness (QED) is 0.830. The molecule has 4 heteroatoms. The zero-order valence-electron chi connectivity index (χ0n) is 11.7. The van der Waals surface area contributed by atoms with Crippen molar-refractivity contribution in [2.75, 3.05) is 26.3 Å². The summed E-state index contributed by atoms with van der Waals surface area (Å²) in [5.41, 5.74) is 8.99. The van der Waals surface area contributed by atoms with Crippen LogP contribution in [0.1, 0.15) is 16.7 Å². The SMILES string of the molecule is Cc1ccc(CCNC(=O)C2(CN)COC2)cc1C. The number of rotatable bonds is 5. The summed E-state index contributed by atoms with van der Waals surface area (Å²) in [6.45, 7) is 6.08. The Morgan fingerprint density at radius 3 is 2.63 bits per heavy atom. The molecule has 0 atom stereocenters. The maximum atomic E-state index is 12.0. The first-order chi connectivity index (χ1) is 9.07. The Morgan fingerprint density at radius 2 is 2.11 bits per heavy atom. The molecule has 1 aliphatic heterocycles. The highest BCUT2D eigenvalue weighted by Crippen LogP contribution is 2.25. The standard InChI is InChI=1S/C15H22N2O2/c1-11-3-4-13(7-12(11)2)5-6-17-14(18)15(8-16)9-19-10-15/h3-4,7H,5-6,8-10,16H2,1-2H3,(H,17,18). The minimum atomic E-state index is -0.483. The van der Waals surface area contributed by atoms with Gasteiger partial charge >= 0.3 is 0 Å². The van der Waals surface area contributed by atoms with Gasteiger partial charge in [-0.1, -0.05) is 18.2 Å². The first kappa shape index (κ1) is 14.0. The van der Waals surface area contributed by atoms with E-state index in [1.807, 2.05) is 0 Å². The molecule has 2 rings (SSSR count). The van der Waals surface area contributed by atoms with Gasteiger partial charge in [-0.05, 0) is 37.0 Å². The smallest absolute Gasteiger partial charge is 0.232 e. The van der Waals surface area contributed by atoms with E-state index in [4.69, 9.17) is 10.5 Å². The van der Waals surface area contributed by atoms with E-state index in [0.717, 1.165) is 6.42 Å². The topological polar surface area (TPSA) is 64.4 Å². The molecule has 1 heterocycles. The normalized spacial score (nSPS) is 16.8. The Balaban J connectivity index is 1.83. The van der Waals surface area contributed by atoms with Gasteiger partial charge in [-0.3, -0.25) is 4.79 Å². The van der Waals surface area contributed by atoms with Gasteiger partial charge in [0.2, 0.25) is 5.91 Å². The molecule has 0 radical (unpaired) electrons. The fourth-order valence-corrected chi connectivity index (χ4v) is 2.16. The second-order valence-corrected chi connectivity index (χ2v) is 5.40. The molecule has 1 aromatic rings. The molecule has 1 amide bonds. The molecule has 4 nitrogen and oxygen atoms in total. The van der Waals surface area contributed by atoms with Gasteiger partial charge < -0.3 is 15.8 Å². The second-order valence-electron chi connectivity index (χ2n) is 5.40. The summed E-state index contributed by atoms with van der Waals surface area (Å²) in [6, 6.07) is 6.40. The van der Waals surface area contributed by atoms with Crippen LogP contribution < -0.4 is 11.1 Å². The molecule has 19 heavy (non-hydrogen) atoms. The highest BCUT2D eigenvalue weighted by Gasteiger charge is 2.44. The van der Waals surface area contributed by atoms with Gasteiger partial charge in [0.25, 0.3) is 0 Å². The lowest BCUT2D eigenvalue weighted by Gasteiger charge is -2.38. The minimum absolute atomic E-state index is 0.0186. The van der Waals surface area contributed by atoms with Crippen molar-refractivity contribution in [1.82, 2.24) is 5.32 Å². The fourth-order valence-electron chi connectivity index (χ4n) is 2.16. The number of benzene rings is 1. The van der Waals surface area contributed by atoms with Gasteiger partial charge in [0.05, 0.1) is 13.2 Å². The van der Waals surface area contributed by atoms with Crippen molar-refractivity contribution in [1.29, 1.82) is 0 Å². The summed E-state index contributed by atoms with van der Waals surface area (Å²) in [7, 11) is 0. The molecule has 0 saturated carbocycles. The zero-order chi connectivity index (χ0) is 13.9. The second kappa shape index (κ2) is 5.72. The average molecular weight is 262 g/mol. The van der Waals surface area contributed by atoms with Gasteiger partial charge in [-0.25, -0.2) is 0 Å². The van der Waals surface area contributed by atoms with Crippen LogP contribution in [0.4, 0.5) is 0 Å². The largest absolute Gasteiger partial charge is 0.379 e. The third-order valence-electron chi connectivity index (χ3n) is 3.90. The maximum absolute atomic E-state index is 12.0. The first-order valence-corrected chi connectivity index (χ1v) is 6.70. The van der Waals surface area contributed by atoms with Crippen LogP contribution in [-0.2, 0) is 16.0 Å². The van der Waals surface area contributed by atoms with Crippen molar-refractivity contribution in [3.63, 3.8) is 0 Å². The number of aryl methyl sites for hydroxylation is 2. The number of carbonyl (C=O) groups is 1. The Labute approximate surface area is 114 Å². The van der Waals surface area contributed by atoms with Crippen molar-refractivity contribution in [2.45, 2.75) is 20.3 Å². The van der Waals surface area contributed by atoms with E-state index in [-0.39, 0.29) is 5.91 Å². The zero-order valence-corrected chi connectivity index (χ0v) is 11.7. The summed E-state index contributed by atoms with van der Waals surface area (Å²) in [5.74, 6) is 0.0186. The van der Waals surface area contributed by atoms with E-state index in [1.165, 1.54) is 16.7 Å². The summed E-state index contributed by atoms with van der Waals surface area (Å²) in [6.07, 6.45) is 0.842. The van der Waals surface area contributed by atoms with Crippen molar-refractivity contribution in [2.24, 2.45) is 11.1 Å². The highest BCUT2D eigenvalue weighted by atomic mass is 16.5. The monoisotopic (exact) mass is 262 g/mol. The Morgan fingerprint density at radius 1 is 1.37 bits per heavy atom. The van der Waals surface area contributed by atoms with E-state index in [0.29, 0.717) is 26.3 Å². The first-order valence-electron chi connectivity index (χ1n) is 6.70. The molecule has 1 saturated heterocycles. The fraction of sp³-hybridized carbons (Fsp3) is 0.533. The summed E-state index contributed by atoms with van der Waals surface area (Å²) < 4.78 is 5.10. The van der Waals surface area contributed by atoms with Crippen molar-refractivity contribution < 1.29 is 9.53 Å². The molecule has 0 bridgehead atoms. The molecule has 1 aliphatic rings. The molecule has 0 unspecified atom stereocenters.